The van der Waals surface area contributed by atoms with E-state index in [9.17, 15) is 4.79 Å². The second kappa shape index (κ2) is 5.56. The van der Waals surface area contributed by atoms with E-state index in [0.29, 0.717) is 30.2 Å². The molecule has 2 heterocycles. The minimum atomic E-state index is -0.311. The number of hydrogen-bond acceptors (Lipinski definition) is 4. The van der Waals surface area contributed by atoms with Gasteiger partial charge in [0.2, 0.25) is 0 Å². The average Bonchev–Trinajstić information content (AvgIpc) is 2.57. The highest BCUT2D eigenvalue weighted by Crippen LogP contribution is 2.32. The van der Waals surface area contributed by atoms with Crippen LogP contribution in [0, 0.1) is 6.92 Å². The molecule has 0 atom stereocenters. The van der Waals surface area contributed by atoms with Crippen LogP contribution in [0.2, 0.25) is 0 Å². The van der Waals surface area contributed by atoms with E-state index in [2.05, 4.69) is 17.0 Å². The lowest BCUT2D eigenvalue weighted by Gasteiger charge is -2.28. The Balaban J connectivity index is 1.71. The Hall–Kier alpha value is -2.59. The predicted molar refractivity (Wildman–Crippen MR) is 88.4 cm³/mol. The van der Waals surface area contributed by atoms with Crippen LogP contribution in [0.15, 0.2) is 57.7 Å². The fourth-order valence-corrected chi connectivity index (χ4v) is 3.00. The van der Waals surface area contributed by atoms with Crippen molar-refractivity contribution in [1.29, 1.82) is 0 Å². The van der Waals surface area contributed by atoms with Crippen molar-refractivity contribution in [3.63, 3.8) is 0 Å². The zero-order valence-electron chi connectivity index (χ0n) is 12.9. The molecule has 116 valence electrons. The van der Waals surface area contributed by atoms with Crippen molar-refractivity contribution in [2.24, 2.45) is 0 Å². The van der Waals surface area contributed by atoms with Crippen LogP contribution in [0.4, 0.5) is 0 Å². The molecule has 3 aromatic rings. The molecular formula is C19H17NO3. The molecule has 23 heavy (non-hydrogen) atoms. The summed E-state index contributed by atoms with van der Waals surface area (Å²) in [6.07, 6.45) is 0. The summed E-state index contributed by atoms with van der Waals surface area (Å²) < 4.78 is 11.4. The van der Waals surface area contributed by atoms with E-state index in [0.717, 1.165) is 17.5 Å². The number of nitrogens with zero attached hydrogens (tertiary/aromatic N) is 1. The van der Waals surface area contributed by atoms with E-state index in [1.54, 1.807) is 0 Å². The quantitative estimate of drug-likeness (QED) is 0.680. The average molecular weight is 307 g/mol. The summed E-state index contributed by atoms with van der Waals surface area (Å²) in [6, 6.07) is 15.9. The van der Waals surface area contributed by atoms with Crippen LogP contribution in [-0.4, -0.2) is 11.6 Å². The normalized spacial score (nSPS) is 14.5. The zero-order chi connectivity index (χ0) is 15.8. The van der Waals surface area contributed by atoms with Crippen LogP contribution in [-0.2, 0) is 13.1 Å². The third-order valence-corrected chi connectivity index (χ3v) is 4.13. The summed E-state index contributed by atoms with van der Waals surface area (Å²) in [5.41, 5.74) is 3.18. The maximum atomic E-state index is 12.3. The van der Waals surface area contributed by atoms with Gasteiger partial charge in [0.05, 0.1) is 10.9 Å². The molecule has 0 radical (unpaired) electrons. The molecule has 0 bridgehead atoms. The van der Waals surface area contributed by atoms with Crippen LogP contribution < -0.4 is 10.4 Å². The highest BCUT2D eigenvalue weighted by molar-refractivity contribution is 5.85. The van der Waals surface area contributed by atoms with Crippen LogP contribution in [0.25, 0.3) is 11.0 Å². The third kappa shape index (κ3) is 2.62. The molecule has 4 heteroatoms. The van der Waals surface area contributed by atoms with Gasteiger partial charge in [-0.1, -0.05) is 42.0 Å². The predicted octanol–water partition coefficient (Wildman–Crippen LogP) is 3.45. The number of benzene rings is 2. The Morgan fingerprint density at radius 1 is 1.13 bits per heavy atom. The van der Waals surface area contributed by atoms with Crippen LogP contribution in [0.1, 0.15) is 16.7 Å². The lowest BCUT2D eigenvalue weighted by Crippen LogP contribution is -2.34. The van der Waals surface area contributed by atoms with Gasteiger partial charge in [0.25, 0.3) is 0 Å². The molecule has 0 N–H and O–H groups in total. The number of ether oxygens (including phenoxy) is 1. The Labute approximate surface area is 133 Å². The van der Waals surface area contributed by atoms with Gasteiger partial charge < -0.3 is 9.15 Å². The lowest BCUT2D eigenvalue weighted by atomic mass is 10.1. The molecule has 0 aliphatic carbocycles. The maximum Gasteiger partial charge on any atom is 0.344 e. The highest BCUT2D eigenvalue weighted by atomic mass is 16.5. The van der Waals surface area contributed by atoms with Gasteiger partial charge in [0.15, 0.2) is 0 Å². The fourth-order valence-electron chi connectivity index (χ4n) is 3.00. The Morgan fingerprint density at radius 2 is 1.96 bits per heavy atom. The van der Waals surface area contributed by atoms with E-state index in [-0.39, 0.29) is 5.63 Å². The smallest absolute Gasteiger partial charge is 0.344 e. The van der Waals surface area contributed by atoms with Crippen molar-refractivity contribution in [2.45, 2.75) is 20.0 Å². The Bertz CT molecular complexity index is 915. The van der Waals surface area contributed by atoms with Crippen LogP contribution in [0.5, 0.6) is 5.75 Å². The van der Waals surface area contributed by atoms with Gasteiger partial charge in [-0.15, -0.1) is 0 Å². The van der Waals surface area contributed by atoms with E-state index < -0.39 is 0 Å². The SMILES string of the molecule is Cc1ccc2oc(=O)c3c(c2c1)OCN(Cc1ccccc1)C3. The Morgan fingerprint density at radius 3 is 2.78 bits per heavy atom. The summed E-state index contributed by atoms with van der Waals surface area (Å²) >= 11 is 0. The minimum absolute atomic E-state index is 0.311. The van der Waals surface area contributed by atoms with Crippen molar-refractivity contribution in [3.8, 4) is 5.75 Å². The van der Waals surface area contributed by atoms with Crippen molar-refractivity contribution in [3.05, 3.63) is 75.6 Å². The molecule has 0 spiro atoms. The van der Waals surface area contributed by atoms with Gasteiger partial charge >= 0.3 is 5.63 Å². The highest BCUT2D eigenvalue weighted by Gasteiger charge is 2.24. The summed E-state index contributed by atoms with van der Waals surface area (Å²) in [5, 5.41) is 0.874. The number of rotatable bonds is 2. The second-order valence-electron chi connectivity index (χ2n) is 5.94. The summed E-state index contributed by atoms with van der Waals surface area (Å²) in [5.74, 6) is 0.671. The molecule has 0 fully saturated rings. The largest absolute Gasteiger partial charge is 0.477 e. The van der Waals surface area contributed by atoms with E-state index in [4.69, 9.17) is 9.15 Å². The first-order valence-electron chi connectivity index (χ1n) is 7.66. The molecule has 4 rings (SSSR count). The standard InChI is InChI=1S/C19H17NO3/c1-13-7-8-17-15(9-13)18-16(19(21)23-17)11-20(12-22-18)10-14-5-3-2-4-6-14/h2-9H,10-12H2,1H3. The van der Waals surface area contributed by atoms with Crippen LogP contribution in [0.3, 0.4) is 0 Å². The summed E-state index contributed by atoms with van der Waals surface area (Å²) in [4.78, 5) is 14.4. The number of hydrogen-bond donors (Lipinski definition) is 0. The number of fused-ring (bicyclic) bond motifs is 3. The minimum Gasteiger partial charge on any atom is -0.477 e. The van der Waals surface area contributed by atoms with Gasteiger partial charge in [-0.2, -0.15) is 0 Å². The lowest BCUT2D eigenvalue weighted by molar-refractivity contribution is 0.0877. The molecule has 1 aliphatic heterocycles. The van der Waals surface area contributed by atoms with E-state index in [1.807, 2.05) is 43.3 Å². The molecule has 2 aromatic carbocycles. The Kier molecular flexibility index (Phi) is 3.39. The van der Waals surface area contributed by atoms with Gasteiger partial charge in [0.1, 0.15) is 18.1 Å². The van der Waals surface area contributed by atoms with Gasteiger partial charge in [-0.3, -0.25) is 4.90 Å². The topological polar surface area (TPSA) is 42.7 Å². The van der Waals surface area contributed by atoms with Gasteiger partial charge in [0, 0.05) is 13.1 Å². The van der Waals surface area contributed by atoms with Crippen LogP contribution >= 0.6 is 0 Å². The third-order valence-electron chi connectivity index (χ3n) is 4.13. The van der Waals surface area contributed by atoms with Gasteiger partial charge in [-0.05, 0) is 24.6 Å². The van der Waals surface area contributed by atoms with Crippen molar-refractivity contribution in [2.75, 3.05) is 6.73 Å². The number of aryl methyl sites for hydroxylation is 1. The first-order chi connectivity index (χ1) is 11.2. The maximum absolute atomic E-state index is 12.3. The second-order valence-corrected chi connectivity index (χ2v) is 5.94. The molecule has 4 nitrogen and oxygen atoms in total. The molecule has 0 saturated heterocycles. The molecule has 0 saturated carbocycles. The van der Waals surface area contributed by atoms with Crippen molar-refractivity contribution < 1.29 is 9.15 Å². The van der Waals surface area contributed by atoms with E-state index in [1.165, 1.54) is 5.56 Å². The molecular weight excluding hydrogens is 290 g/mol. The molecule has 0 unspecified atom stereocenters. The van der Waals surface area contributed by atoms with Crippen molar-refractivity contribution >= 4 is 11.0 Å². The fraction of sp³-hybridized carbons (Fsp3) is 0.211. The monoisotopic (exact) mass is 307 g/mol. The molecule has 0 amide bonds. The van der Waals surface area contributed by atoms with Gasteiger partial charge in [-0.25, -0.2) is 4.79 Å². The summed E-state index contributed by atoms with van der Waals surface area (Å²) in [7, 11) is 0. The van der Waals surface area contributed by atoms with E-state index >= 15 is 0 Å². The molecule has 1 aromatic heterocycles. The first kappa shape index (κ1) is 14.0. The van der Waals surface area contributed by atoms with Crippen molar-refractivity contribution in [1.82, 2.24) is 4.90 Å². The molecule has 1 aliphatic rings. The zero-order valence-corrected chi connectivity index (χ0v) is 12.9. The summed E-state index contributed by atoms with van der Waals surface area (Å²) in [6.45, 7) is 3.76. The first-order valence-corrected chi connectivity index (χ1v) is 7.66.